The zero-order valence-corrected chi connectivity index (χ0v) is 10.6. The number of fused-ring (bicyclic) bond motifs is 1. The molecule has 0 bridgehead atoms. The number of aliphatic hydroxyl groups excluding tert-OH is 1. The van der Waals surface area contributed by atoms with Crippen molar-refractivity contribution in [3.05, 3.63) is 24.3 Å². The van der Waals surface area contributed by atoms with E-state index in [4.69, 9.17) is 0 Å². The van der Waals surface area contributed by atoms with E-state index in [-0.39, 0.29) is 12.1 Å². The van der Waals surface area contributed by atoms with E-state index in [1.807, 2.05) is 31.3 Å². The van der Waals surface area contributed by atoms with E-state index in [0.717, 1.165) is 36.2 Å². The Morgan fingerprint density at radius 1 is 1.28 bits per heavy atom. The van der Waals surface area contributed by atoms with Crippen LogP contribution in [0.25, 0.3) is 11.0 Å². The Bertz CT molecular complexity index is 504. The van der Waals surface area contributed by atoms with Crippen LogP contribution in [0.3, 0.4) is 0 Å². The van der Waals surface area contributed by atoms with Gasteiger partial charge in [0.05, 0.1) is 23.2 Å². The van der Waals surface area contributed by atoms with Gasteiger partial charge < -0.3 is 15.0 Å². The largest absolute Gasteiger partial charge is 0.391 e. The van der Waals surface area contributed by atoms with Crippen molar-refractivity contribution in [1.29, 1.82) is 0 Å². The quantitative estimate of drug-likeness (QED) is 0.853. The fourth-order valence-corrected chi connectivity index (χ4v) is 2.81. The van der Waals surface area contributed by atoms with E-state index >= 15 is 0 Å². The summed E-state index contributed by atoms with van der Waals surface area (Å²) < 4.78 is 0. The maximum Gasteiger partial charge on any atom is 0.203 e. The second kappa shape index (κ2) is 4.61. The SMILES string of the molecule is CN(c1nc2ccccc2[nH]1)C1CCCCC1O. The van der Waals surface area contributed by atoms with Gasteiger partial charge in [-0.15, -0.1) is 0 Å². The number of rotatable bonds is 2. The van der Waals surface area contributed by atoms with Gasteiger partial charge in [-0.25, -0.2) is 4.98 Å². The number of nitrogens with one attached hydrogen (secondary N) is 1. The number of nitrogens with zero attached hydrogens (tertiary/aromatic N) is 2. The highest BCUT2D eigenvalue weighted by Crippen LogP contribution is 2.26. The van der Waals surface area contributed by atoms with Crippen molar-refractivity contribution >= 4 is 17.0 Å². The summed E-state index contributed by atoms with van der Waals surface area (Å²) in [5.74, 6) is 0.849. The van der Waals surface area contributed by atoms with Crippen molar-refractivity contribution in [2.75, 3.05) is 11.9 Å². The molecular formula is C14H19N3O. The molecule has 1 aliphatic carbocycles. The lowest BCUT2D eigenvalue weighted by molar-refractivity contribution is 0.105. The maximum atomic E-state index is 10.1. The minimum absolute atomic E-state index is 0.180. The highest BCUT2D eigenvalue weighted by molar-refractivity contribution is 5.77. The Labute approximate surface area is 107 Å². The zero-order valence-electron chi connectivity index (χ0n) is 10.6. The van der Waals surface area contributed by atoms with Gasteiger partial charge in [-0.05, 0) is 25.0 Å². The summed E-state index contributed by atoms with van der Waals surface area (Å²) in [5, 5.41) is 10.1. The van der Waals surface area contributed by atoms with Crippen LogP contribution in [-0.2, 0) is 0 Å². The molecule has 1 aromatic carbocycles. The van der Waals surface area contributed by atoms with E-state index in [2.05, 4.69) is 14.9 Å². The van der Waals surface area contributed by atoms with E-state index in [0.29, 0.717) is 0 Å². The molecule has 2 unspecified atom stereocenters. The van der Waals surface area contributed by atoms with Gasteiger partial charge in [-0.2, -0.15) is 0 Å². The molecule has 1 aliphatic rings. The third-order valence-corrected chi connectivity index (χ3v) is 3.90. The van der Waals surface area contributed by atoms with Crippen LogP contribution in [0, 0.1) is 0 Å². The van der Waals surface area contributed by atoms with E-state index in [1.54, 1.807) is 0 Å². The first-order valence-corrected chi connectivity index (χ1v) is 6.61. The third kappa shape index (κ3) is 1.97. The Morgan fingerprint density at radius 2 is 2.06 bits per heavy atom. The topological polar surface area (TPSA) is 52.2 Å². The molecule has 2 atom stereocenters. The molecule has 18 heavy (non-hydrogen) atoms. The molecule has 1 aromatic heterocycles. The predicted octanol–water partition coefficient (Wildman–Crippen LogP) is 2.30. The van der Waals surface area contributed by atoms with Gasteiger partial charge >= 0.3 is 0 Å². The lowest BCUT2D eigenvalue weighted by Crippen LogP contribution is -2.43. The van der Waals surface area contributed by atoms with Crippen LogP contribution in [0.4, 0.5) is 5.95 Å². The van der Waals surface area contributed by atoms with E-state index in [9.17, 15) is 5.11 Å². The molecule has 1 fully saturated rings. The number of H-pyrrole nitrogens is 1. The first-order chi connectivity index (χ1) is 8.75. The molecule has 96 valence electrons. The van der Waals surface area contributed by atoms with Crippen molar-refractivity contribution < 1.29 is 5.11 Å². The van der Waals surface area contributed by atoms with Crippen molar-refractivity contribution in [2.24, 2.45) is 0 Å². The maximum absolute atomic E-state index is 10.1. The lowest BCUT2D eigenvalue weighted by atomic mass is 9.92. The van der Waals surface area contributed by atoms with Crippen molar-refractivity contribution in [3.63, 3.8) is 0 Å². The van der Waals surface area contributed by atoms with Gasteiger partial charge in [0.2, 0.25) is 5.95 Å². The summed E-state index contributed by atoms with van der Waals surface area (Å²) in [5.41, 5.74) is 2.02. The number of hydrogen-bond acceptors (Lipinski definition) is 3. The van der Waals surface area contributed by atoms with Crippen LogP contribution in [0.15, 0.2) is 24.3 Å². The highest BCUT2D eigenvalue weighted by Gasteiger charge is 2.28. The van der Waals surface area contributed by atoms with Gasteiger partial charge in [0, 0.05) is 7.05 Å². The minimum atomic E-state index is -0.239. The molecule has 0 amide bonds. The summed E-state index contributed by atoms with van der Waals surface area (Å²) >= 11 is 0. The molecule has 3 rings (SSSR count). The van der Waals surface area contributed by atoms with Crippen molar-refractivity contribution in [2.45, 2.75) is 37.8 Å². The minimum Gasteiger partial charge on any atom is -0.391 e. The van der Waals surface area contributed by atoms with Crippen LogP contribution in [0.5, 0.6) is 0 Å². The Balaban J connectivity index is 1.88. The standard InChI is InChI=1S/C14H19N3O/c1-17(12-8-4-5-9-13(12)18)14-15-10-6-2-3-7-11(10)16-14/h2-3,6-7,12-13,18H,4-5,8-9H2,1H3,(H,15,16). The van der Waals surface area contributed by atoms with Gasteiger partial charge in [0.25, 0.3) is 0 Å². The average Bonchev–Trinajstić information content (AvgIpc) is 2.82. The number of aromatic amines is 1. The van der Waals surface area contributed by atoms with Crippen LogP contribution < -0.4 is 4.90 Å². The van der Waals surface area contributed by atoms with Crippen LogP contribution in [0.2, 0.25) is 0 Å². The second-order valence-electron chi connectivity index (χ2n) is 5.11. The van der Waals surface area contributed by atoms with Crippen molar-refractivity contribution in [3.8, 4) is 0 Å². The Kier molecular flexibility index (Phi) is 2.96. The second-order valence-corrected chi connectivity index (χ2v) is 5.11. The molecular weight excluding hydrogens is 226 g/mol. The monoisotopic (exact) mass is 245 g/mol. The van der Waals surface area contributed by atoms with Crippen molar-refractivity contribution in [1.82, 2.24) is 9.97 Å². The molecule has 0 radical (unpaired) electrons. The first kappa shape index (κ1) is 11.5. The van der Waals surface area contributed by atoms with E-state index < -0.39 is 0 Å². The highest BCUT2D eigenvalue weighted by atomic mass is 16.3. The zero-order chi connectivity index (χ0) is 12.5. The number of aromatic nitrogens is 2. The number of imidazole rings is 1. The normalized spacial score (nSPS) is 24.3. The summed E-state index contributed by atoms with van der Waals surface area (Å²) in [7, 11) is 2.01. The van der Waals surface area contributed by atoms with Gasteiger partial charge in [-0.1, -0.05) is 25.0 Å². The summed E-state index contributed by atoms with van der Waals surface area (Å²) in [6, 6.07) is 8.19. The fraction of sp³-hybridized carbons (Fsp3) is 0.500. The summed E-state index contributed by atoms with van der Waals surface area (Å²) in [6.07, 6.45) is 4.01. The number of likely N-dealkylation sites (N-methyl/N-ethyl adjacent to an activating group) is 1. The summed E-state index contributed by atoms with van der Waals surface area (Å²) in [6.45, 7) is 0. The van der Waals surface area contributed by atoms with Gasteiger partial charge in [0.1, 0.15) is 0 Å². The van der Waals surface area contributed by atoms with E-state index in [1.165, 1.54) is 6.42 Å². The molecule has 0 aliphatic heterocycles. The fourth-order valence-electron chi connectivity index (χ4n) is 2.81. The number of para-hydroxylation sites is 2. The number of anilines is 1. The van der Waals surface area contributed by atoms with Crippen LogP contribution >= 0.6 is 0 Å². The third-order valence-electron chi connectivity index (χ3n) is 3.90. The predicted molar refractivity (Wildman–Crippen MR) is 72.8 cm³/mol. The van der Waals surface area contributed by atoms with Gasteiger partial charge in [0.15, 0.2) is 0 Å². The average molecular weight is 245 g/mol. The Hall–Kier alpha value is -1.55. The number of hydrogen-bond donors (Lipinski definition) is 2. The molecule has 1 heterocycles. The molecule has 2 N–H and O–H groups in total. The van der Waals surface area contributed by atoms with Crippen LogP contribution in [0.1, 0.15) is 25.7 Å². The molecule has 2 aromatic rings. The number of benzene rings is 1. The lowest BCUT2D eigenvalue weighted by Gasteiger charge is -2.34. The molecule has 4 nitrogen and oxygen atoms in total. The molecule has 0 spiro atoms. The Morgan fingerprint density at radius 3 is 2.83 bits per heavy atom. The van der Waals surface area contributed by atoms with Gasteiger partial charge in [-0.3, -0.25) is 0 Å². The van der Waals surface area contributed by atoms with Crippen LogP contribution in [-0.4, -0.2) is 34.3 Å². The first-order valence-electron chi connectivity index (χ1n) is 6.61. The smallest absolute Gasteiger partial charge is 0.203 e. The number of aliphatic hydroxyl groups is 1. The molecule has 4 heteroatoms. The molecule has 1 saturated carbocycles. The summed E-state index contributed by atoms with van der Waals surface area (Å²) in [4.78, 5) is 9.99. The molecule has 0 saturated heterocycles.